The molecular weight excluding hydrogens is 360 g/mol. The highest BCUT2D eigenvalue weighted by atomic mass is 35.5. The van der Waals surface area contributed by atoms with Crippen molar-refractivity contribution in [2.45, 2.75) is 31.7 Å². The number of Topliss-reactive ketones (excluding diaryl/α,β-unsaturated/α-hetero) is 1. The lowest BCUT2D eigenvalue weighted by atomic mass is 10.1. The van der Waals surface area contributed by atoms with Gasteiger partial charge >= 0.3 is 5.97 Å². The van der Waals surface area contributed by atoms with Gasteiger partial charge in [0.05, 0.1) is 13.0 Å². The molecule has 0 unspecified atom stereocenters. The first-order valence-corrected chi connectivity index (χ1v) is 8.70. The van der Waals surface area contributed by atoms with E-state index in [4.69, 9.17) is 16.3 Å². The number of ether oxygens (including phenoxy) is 1. The van der Waals surface area contributed by atoms with Crippen molar-refractivity contribution in [2.75, 3.05) is 20.2 Å². The summed E-state index contributed by atoms with van der Waals surface area (Å²) in [7, 11) is 1.46. The SMILES string of the molecule is CN(CC(=O)NC1CC1)C(=O)COC(=O)CCC(=O)c1ccc(Cl)cc1. The van der Waals surface area contributed by atoms with E-state index < -0.39 is 18.5 Å². The van der Waals surface area contributed by atoms with Crippen LogP contribution in [0.3, 0.4) is 0 Å². The molecule has 1 aliphatic carbocycles. The van der Waals surface area contributed by atoms with Gasteiger partial charge in [-0.3, -0.25) is 19.2 Å². The number of likely N-dealkylation sites (N-methyl/N-ethyl adjacent to an activating group) is 1. The zero-order chi connectivity index (χ0) is 19.1. The first kappa shape index (κ1) is 19.9. The summed E-state index contributed by atoms with van der Waals surface area (Å²) in [4.78, 5) is 48.3. The molecule has 140 valence electrons. The van der Waals surface area contributed by atoms with Crippen LogP contribution < -0.4 is 5.32 Å². The number of nitrogens with one attached hydrogen (secondary N) is 1. The molecule has 1 aliphatic rings. The molecule has 0 spiro atoms. The Balaban J connectivity index is 1.65. The Morgan fingerprint density at radius 1 is 1.15 bits per heavy atom. The minimum absolute atomic E-state index is 0.0196. The smallest absolute Gasteiger partial charge is 0.306 e. The largest absolute Gasteiger partial charge is 0.456 e. The number of amides is 2. The van der Waals surface area contributed by atoms with Crippen molar-refractivity contribution in [1.82, 2.24) is 10.2 Å². The number of carbonyl (C=O) groups excluding carboxylic acids is 4. The second kappa shape index (κ2) is 9.33. The van der Waals surface area contributed by atoms with Crippen LogP contribution in [0.4, 0.5) is 0 Å². The highest BCUT2D eigenvalue weighted by Crippen LogP contribution is 2.18. The van der Waals surface area contributed by atoms with Gasteiger partial charge in [0.1, 0.15) is 0 Å². The molecule has 26 heavy (non-hydrogen) atoms. The van der Waals surface area contributed by atoms with Crippen LogP contribution in [-0.2, 0) is 19.1 Å². The fourth-order valence-electron chi connectivity index (χ4n) is 2.12. The van der Waals surface area contributed by atoms with Gasteiger partial charge in [-0.2, -0.15) is 0 Å². The van der Waals surface area contributed by atoms with Crippen LogP contribution in [0.2, 0.25) is 5.02 Å². The van der Waals surface area contributed by atoms with Gasteiger partial charge in [-0.1, -0.05) is 11.6 Å². The summed E-state index contributed by atoms with van der Waals surface area (Å²) in [6.45, 7) is -0.539. The number of esters is 1. The first-order chi connectivity index (χ1) is 12.3. The molecule has 0 atom stereocenters. The Hall–Kier alpha value is -2.41. The van der Waals surface area contributed by atoms with Crippen LogP contribution in [0.25, 0.3) is 0 Å². The van der Waals surface area contributed by atoms with Crippen LogP contribution in [0.5, 0.6) is 0 Å². The van der Waals surface area contributed by atoms with Crippen molar-refractivity contribution in [3.8, 4) is 0 Å². The lowest BCUT2D eigenvalue weighted by molar-refractivity contribution is -0.151. The molecule has 0 saturated heterocycles. The number of benzene rings is 1. The summed E-state index contributed by atoms with van der Waals surface area (Å²) >= 11 is 5.75. The van der Waals surface area contributed by atoms with Gasteiger partial charge in [0.15, 0.2) is 12.4 Å². The number of halogens is 1. The first-order valence-electron chi connectivity index (χ1n) is 8.33. The molecular formula is C18H21ClN2O5. The van der Waals surface area contributed by atoms with Crippen molar-refractivity contribution < 1.29 is 23.9 Å². The van der Waals surface area contributed by atoms with Crippen molar-refractivity contribution in [3.05, 3.63) is 34.9 Å². The molecule has 1 fully saturated rings. The molecule has 0 aliphatic heterocycles. The minimum Gasteiger partial charge on any atom is -0.456 e. The molecule has 1 saturated carbocycles. The standard InChI is InChI=1S/C18H21ClN2O5/c1-21(10-16(23)20-14-6-7-14)17(24)11-26-18(25)9-8-15(22)12-2-4-13(19)5-3-12/h2-5,14H,6-11H2,1H3,(H,20,23). The van der Waals surface area contributed by atoms with Crippen molar-refractivity contribution in [1.29, 1.82) is 0 Å². The molecule has 2 rings (SSSR count). The van der Waals surface area contributed by atoms with E-state index in [0.29, 0.717) is 10.6 Å². The van der Waals surface area contributed by atoms with Crippen LogP contribution in [0, 0.1) is 0 Å². The predicted octanol–water partition coefficient (Wildman–Crippen LogP) is 1.58. The summed E-state index contributed by atoms with van der Waals surface area (Å²) < 4.78 is 4.87. The molecule has 0 aromatic heterocycles. The highest BCUT2D eigenvalue weighted by molar-refractivity contribution is 6.30. The Labute approximate surface area is 156 Å². The van der Waals surface area contributed by atoms with Gasteiger partial charge in [-0.05, 0) is 37.1 Å². The maximum atomic E-state index is 12.0. The van der Waals surface area contributed by atoms with Crippen LogP contribution in [0.1, 0.15) is 36.0 Å². The van der Waals surface area contributed by atoms with Crippen molar-refractivity contribution >= 4 is 35.2 Å². The maximum Gasteiger partial charge on any atom is 0.306 e. The van der Waals surface area contributed by atoms with E-state index in [-0.39, 0.29) is 37.1 Å². The number of nitrogens with zero attached hydrogens (tertiary/aromatic N) is 1. The fraction of sp³-hybridized carbons (Fsp3) is 0.444. The van der Waals surface area contributed by atoms with E-state index in [2.05, 4.69) is 5.32 Å². The van der Waals surface area contributed by atoms with E-state index in [1.807, 2.05) is 0 Å². The maximum absolute atomic E-state index is 12.0. The van der Waals surface area contributed by atoms with Crippen molar-refractivity contribution in [3.63, 3.8) is 0 Å². The molecule has 7 nitrogen and oxygen atoms in total. The molecule has 8 heteroatoms. The summed E-state index contributed by atoms with van der Waals surface area (Å²) in [6, 6.07) is 6.59. The predicted molar refractivity (Wildman–Crippen MR) is 94.8 cm³/mol. The highest BCUT2D eigenvalue weighted by Gasteiger charge is 2.24. The third-order valence-electron chi connectivity index (χ3n) is 3.83. The number of ketones is 1. The minimum atomic E-state index is -0.642. The molecule has 0 bridgehead atoms. The Morgan fingerprint density at radius 2 is 1.81 bits per heavy atom. The quantitative estimate of drug-likeness (QED) is 0.518. The molecule has 0 radical (unpaired) electrons. The number of hydrogen-bond acceptors (Lipinski definition) is 5. The summed E-state index contributed by atoms with van der Waals surface area (Å²) in [5, 5.41) is 3.29. The van der Waals surface area contributed by atoms with Gasteiger partial charge in [0, 0.05) is 30.1 Å². The number of hydrogen-bond donors (Lipinski definition) is 1. The van der Waals surface area contributed by atoms with Crippen LogP contribution >= 0.6 is 11.6 Å². The molecule has 2 amide bonds. The van der Waals surface area contributed by atoms with Crippen LogP contribution in [0.15, 0.2) is 24.3 Å². The van der Waals surface area contributed by atoms with Gasteiger partial charge in [-0.15, -0.1) is 0 Å². The number of carbonyl (C=O) groups is 4. The Bertz CT molecular complexity index is 685. The van der Waals surface area contributed by atoms with E-state index in [0.717, 1.165) is 12.8 Å². The Kier molecular flexibility index (Phi) is 7.15. The topological polar surface area (TPSA) is 92.8 Å². The summed E-state index contributed by atoms with van der Waals surface area (Å²) in [5.74, 6) is -1.56. The van der Waals surface area contributed by atoms with E-state index >= 15 is 0 Å². The van der Waals surface area contributed by atoms with Crippen LogP contribution in [-0.4, -0.2) is 54.7 Å². The third-order valence-corrected chi connectivity index (χ3v) is 4.08. The number of rotatable bonds is 9. The van der Waals surface area contributed by atoms with Gasteiger partial charge in [0.25, 0.3) is 5.91 Å². The van der Waals surface area contributed by atoms with Gasteiger partial charge < -0.3 is 15.0 Å². The van der Waals surface area contributed by atoms with Gasteiger partial charge in [0.2, 0.25) is 5.91 Å². The average molecular weight is 381 g/mol. The van der Waals surface area contributed by atoms with E-state index in [1.165, 1.54) is 11.9 Å². The lowest BCUT2D eigenvalue weighted by Crippen LogP contribution is -2.40. The normalized spacial score (nSPS) is 13.0. The zero-order valence-corrected chi connectivity index (χ0v) is 15.3. The zero-order valence-electron chi connectivity index (χ0n) is 14.5. The third kappa shape index (κ3) is 6.84. The van der Waals surface area contributed by atoms with Crippen molar-refractivity contribution in [2.24, 2.45) is 0 Å². The monoisotopic (exact) mass is 380 g/mol. The van der Waals surface area contributed by atoms with Gasteiger partial charge in [-0.25, -0.2) is 0 Å². The second-order valence-corrected chi connectivity index (χ2v) is 6.62. The van der Waals surface area contributed by atoms with E-state index in [9.17, 15) is 19.2 Å². The summed E-state index contributed by atoms with van der Waals surface area (Å²) in [5.41, 5.74) is 0.458. The fourth-order valence-corrected chi connectivity index (χ4v) is 2.25. The molecule has 0 heterocycles. The molecule has 1 aromatic rings. The average Bonchev–Trinajstić information content (AvgIpc) is 3.41. The van der Waals surface area contributed by atoms with E-state index in [1.54, 1.807) is 24.3 Å². The molecule has 1 N–H and O–H groups in total. The summed E-state index contributed by atoms with van der Waals surface area (Å²) in [6.07, 6.45) is 1.79. The molecule has 1 aromatic carbocycles. The lowest BCUT2D eigenvalue weighted by Gasteiger charge is -2.16. The second-order valence-electron chi connectivity index (χ2n) is 6.18. The Morgan fingerprint density at radius 3 is 2.42 bits per heavy atom.